The van der Waals surface area contributed by atoms with Crippen LogP contribution in [0.2, 0.25) is 5.02 Å². The number of carbonyl (C=O) groups excluding carboxylic acids is 2. The van der Waals surface area contributed by atoms with E-state index in [9.17, 15) is 9.59 Å². The Labute approximate surface area is 146 Å². The predicted octanol–water partition coefficient (Wildman–Crippen LogP) is 3.95. The molecule has 1 atom stereocenters. The van der Waals surface area contributed by atoms with E-state index in [1.54, 1.807) is 23.1 Å². The van der Waals surface area contributed by atoms with Gasteiger partial charge < -0.3 is 10.2 Å². The molecule has 2 aromatic rings. The standard InChI is InChI=1S/C19H19ClN2O2/c1-12-6-7-16(8-13(12)2)21-19(24)14-9-18(23)22(11-14)17-5-3-4-15(20)10-17/h3-8,10,14H,9,11H2,1-2H3,(H,21,24)/t14-/m1/s1. The smallest absolute Gasteiger partial charge is 0.229 e. The number of aryl methyl sites for hydroxylation is 2. The summed E-state index contributed by atoms with van der Waals surface area (Å²) in [6.07, 6.45) is 0.211. The zero-order valence-electron chi connectivity index (χ0n) is 13.7. The zero-order valence-corrected chi connectivity index (χ0v) is 14.4. The molecule has 1 saturated heterocycles. The van der Waals surface area contributed by atoms with Crippen LogP contribution >= 0.6 is 11.6 Å². The van der Waals surface area contributed by atoms with Crippen LogP contribution in [-0.4, -0.2) is 18.4 Å². The minimum Gasteiger partial charge on any atom is -0.326 e. The van der Waals surface area contributed by atoms with Crippen LogP contribution in [0.3, 0.4) is 0 Å². The molecule has 0 radical (unpaired) electrons. The highest BCUT2D eigenvalue weighted by Crippen LogP contribution is 2.28. The number of hydrogen-bond donors (Lipinski definition) is 1. The van der Waals surface area contributed by atoms with Gasteiger partial charge in [-0.15, -0.1) is 0 Å². The molecule has 5 heteroatoms. The van der Waals surface area contributed by atoms with E-state index in [0.29, 0.717) is 11.6 Å². The third kappa shape index (κ3) is 3.44. The first-order valence-corrected chi connectivity index (χ1v) is 8.26. The molecule has 0 aliphatic carbocycles. The molecule has 0 aromatic heterocycles. The third-order valence-electron chi connectivity index (χ3n) is 4.39. The van der Waals surface area contributed by atoms with Crippen LogP contribution < -0.4 is 10.2 Å². The number of nitrogens with zero attached hydrogens (tertiary/aromatic N) is 1. The third-order valence-corrected chi connectivity index (χ3v) is 4.63. The molecule has 124 valence electrons. The van der Waals surface area contributed by atoms with Gasteiger partial charge in [0.1, 0.15) is 0 Å². The van der Waals surface area contributed by atoms with Gasteiger partial charge in [0.25, 0.3) is 0 Å². The molecule has 2 aromatic carbocycles. The molecular formula is C19H19ClN2O2. The van der Waals surface area contributed by atoms with Gasteiger partial charge in [0.05, 0.1) is 5.92 Å². The van der Waals surface area contributed by atoms with Gasteiger partial charge in [0.15, 0.2) is 0 Å². The van der Waals surface area contributed by atoms with Crippen molar-refractivity contribution in [1.29, 1.82) is 0 Å². The Kier molecular flexibility index (Phi) is 4.58. The van der Waals surface area contributed by atoms with Crippen molar-refractivity contribution in [3.05, 3.63) is 58.6 Å². The normalized spacial score (nSPS) is 17.2. The molecule has 3 rings (SSSR count). The van der Waals surface area contributed by atoms with Crippen LogP contribution in [-0.2, 0) is 9.59 Å². The molecule has 0 saturated carbocycles. The summed E-state index contributed by atoms with van der Waals surface area (Å²) in [6, 6.07) is 12.9. The molecule has 1 aliphatic rings. The molecule has 0 spiro atoms. The Bertz CT molecular complexity index is 804. The molecule has 0 unspecified atom stereocenters. The summed E-state index contributed by atoms with van der Waals surface area (Å²) >= 11 is 5.99. The van der Waals surface area contributed by atoms with Crippen molar-refractivity contribution in [3.63, 3.8) is 0 Å². The number of nitrogens with one attached hydrogen (secondary N) is 1. The Morgan fingerprint density at radius 3 is 2.67 bits per heavy atom. The van der Waals surface area contributed by atoms with E-state index >= 15 is 0 Å². The van der Waals surface area contributed by atoms with Crippen LogP contribution in [0.5, 0.6) is 0 Å². The molecule has 1 fully saturated rings. The number of benzene rings is 2. The van der Waals surface area contributed by atoms with Crippen LogP contribution in [0, 0.1) is 19.8 Å². The van der Waals surface area contributed by atoms with E-state index in [1.165, 1.54) is 5.56 Å². The highest BCUT2D eigenvalue weighted by molar-refractivity contribution is 6.31. The van der Waals surface area contributed by atoms with Gasteiger partial charge in [-0.1, -0.05) is 23.7 Å². The fraction of sp³-hybridized carbons (Fsp3) is 0.263. The van der Waals surface area contributed by atoms with E-state index in [2.05, 4.69) is 5.32 Å². The van der Waals surface area contributed by atoms with Crippen molar-refractivity contribution in [2.24, 2.45) is 5.92 Å². The monoisotopic (exact) mass is 342 g/mol. The molecule has 24 heavy (non-hydrogen) atoms. The maximum absolute atomic E-state index is 12.5. The fourth-order valence-electron chi connectivity index (χ4n) is 2.84. The average Bonchev–Trinajstić information content (AvgIpc) is 2.93. The van der Waals surface area contributed by atoms with E-state index in [0.717, 1.165) is 16.9 Å². The summed E-state index contributed by atoms with van der Waals surface area (Å²) in [6.45, 7) is 4.40. The van der Waals surface area contributed by atoms with Crippen LogP contribution in [0.4, 0.5) is 11.4 Å². The Morgan fingerprint density at radius 1 is 1.17 bits per heavy atom. The van der Waals surface area contributed by atoms with Gasteiger partial charge in [-0.3, -0.25) is 9.59 Å². The number of amides is 2. The lowest BCUT2D eigenvalue weighted by Crippen LogP contribution is -2.28. The number of anilines is 2. The summed E-state index contributed by atoms with van der Waals surface area (Å²) in [5.41, 5.74) is 3.79. The second-order valence-corrected chi connectivity index (χ2v) is 6.61. The van der Waals surface area contributed by atoms with Gasteiger partial charge in [0, 0.05) is 29.4 Å². The van der Waals surface area contributed by atoms with E-state index < -0.39 is 0 Å². The molecule has 0 bridgehead atoms. The lowest BCUT2D eigenvalue weighted by molar-refractivity contribution is -0.122. The number of hydrogen-bond acceptors (Lipinski definition) is 2. The van der Waals surface area contributed by atoms with Crippen LogP contribution in [0.1, 0.15) is 17.5 Å². The Balaban J connectivity index is 1.70. The number of halogens is 1. The first kappa shape index (κ1) is 16.5. The first-order chi connectivity index (χ1) is 11.4. The lowest BCUT2D eigenvalue weighted by atomic mass is 10.1. The average molecular weight is 343 g/mol. The Morgan fingerprint density at radius 2 is 1.96 bits per heavy atom. The van der Waals surface area contributed by atoms with Crippen LogP contribution in [0.15, 0.2) is 42.5 Å². The number of carbonyl (C=O) groups is 2. The zero-order chi connectivity index (χ0) is 17.3. The van der Waals surface area contributed by atoms with E-state index in [-0.39, 0.29) is 24.2 Å². The summed E-state index contributed by atoms with van der Waals surface area (Å²) in [5.74, 6) is -0.549. The largest absolute Gasteiger partial charge is 0.326 e. The summed E-state index contributed by atoms with van der Waals surface area (Å²) in [4.78, 5) is 26.4. The predicted molar refractivity (Wildman–Crippen MR) is 96.5 cm³/mol. The van der Waals surface area contributed by atoms with Crippen molar-refractivity contribution < 1.29 is 9.59 Å². The SMILES string of the molecule is Cc1ccc(NC(=O)[C@@H]2CC(=O)N(c3cccc(Cl)c3)C2)cc1C. The minimum absolute atomic E-state index is 0.0579. The lowest BCUT2D eigenvalue weighted by Gasteiger charge is -2.17. The molecule has 4 nitrogen and oxygen atoms in total. The van der Waals surface area contributed by atoms with Gasteiger partial charge >= 0.3 is 0 Å². The summed E-state index contributed by atoms with van der Waals surface area (Å²) in [7, 11) is 0. The summed E-state index contributed by atoms with van der Waals surface area (Å²) < 4.78 is 0. The molecule has 1 N–H and O–H groups in total. The van der Waals surface area contributed by atoms with E-state index in [4.69, 9.17) is 11.6 Å². The van der Waals surface area contributed by atoms with Crippen molar-refractivity contribution >= 4 is 34.8 Å². The van der Waals surface area contributed by atoms with Crippen molar-refractivity contribution in [1.82, 2.24) is 0 Å². The second kappa shape index (κ2) is 6.65. The molecular weight excluding hydrogens is 324 g/mol. The van der Waals surface area contributed by atoms with Crippen molar-refractivity contribution in [3.8, 4) is 0 Å². The van der Waals surface area contributed by atoms with E-state index in [1.807, 2.05) is 38.1 Å². The van der Waals surface area contributed by atoms with Gasteiger partial charge in [0.2, 0.25) is 11.8 Å². The Hall–Kier alpha value is -2.33. The van der Waals surface area contributed by atoms with Gasteiger partial charge in [-0.25, -0.2) is 0 Å². The fourth-order valence-corrected chi connectivity index (χ4v) is 3.02. The quantitative estimate of drug-likeness (QED) is 0.918. The van der Waals surface area contributed by atoms with Gasteiger partial charge in [-0.2, -0.15) is 0 Å². The molecule has 1 heterocycles. The summed E-state index contributed by atoms with van der Waals surface area (Å²) in [5, 5.41) is 3.48. The van der Waals surface area contributed by atoms with Crippen molar-refractivity contribution in [2.75, 3.05) is 16.8 Å². The number of rotatable bonds is 3. The second-order valence-electron chi connectivity index (χ2n) is 6.17. The topological polar surface area (TPSA) is 49.4 Å². The van der Waals surface area contributed by atoms with Crippen molar-refractivity contribution in [2.45, 2.75) is 20.3 Å². The van der Waals surface area contributed by atoms with Gasteiger partial charge in [-0.05, 0) is 55.3 Å². The molecule has 2 amide bonds. The maximum atomic E-state index is 12.5. The maximum Gasteiger partial charge on any atom is 0.229 e. The highest BCUT2D eigenvalue weighted by Gasteiger charge is 2.35. The minimum atomic E-state index is -0.363. The van der Waals surface area contributed by atoms with Crippen LogP contribution in [0.25, 0.3) is 0 Å². The molecule has 1 aliphatic heterocycles. The first-order valence-electron chi connectivity index (χ1n) is 7.88. The highest BCUT2D eigenvalue weighted by atomic mass is 35.5.